The highest BCUT2D eigenvalue weighted by Gasteiger charge is 2.69. The average Bonchev–Trinajstić information content (AvgIpc) is 3.93. The van der Waals surface area contributed by atoms with Crippen molar-refractivity contribution in [3.05, 3.63) is 0 Å². The lowest BCUT2D eigenvalue weighted by molar-refractivity contribution is -0.150. The van der Waals surface area contributed by atoms with Gasteiger partial charge in [-0.05, 0) is 93.3 Å². The lowest BCUT2D eigenvalue weighted by Gasteiger charge is -2.44. The number of Topliss-reactive ketones (excluding diaryl/α,β-unsaturated/α-hetero) is 4. The molecule has 1 aliphatic heterocycles. The quantitative estimate of drug-likeness (QED) is 0.0793. The molecule has 0 aromatic rings. The van der Waals surface area contributed by atoms with Crippen molar-refractivity contribution in [3.8, 4) is 12.3 Å². The molecule has 5 atom stereocenters. The fourth-order valence-electron chi connectivity index (χ4n) is 10.5. The van der Waals surface area contributed by atoms with Crippen molar-refractivity contribution in [1.29, 1.82) is 0 Å². The Morgan fingerprint density at radius 2 is 1.49 bits per heavy atom. The van der Waals surface area contributed by atoms with Crippen molar-refractivity contribution >= 4 is 38.9 Å². The molecule has 9 heteroatoms. The van der Waals surface area contributed by atoms with Crippen LogP contribution in [-0.4, -0.2) is 65.4 Å². The van der Waals surface area contributed by atoms with Crippen LogP contribution in [0.1, 0.15) is 164 Å². The van der Waals surface area contributed by atoms with E-state index in [1.54, 1.807) is 25.7 Å². The molecule has 0 spiro atoms. The number of piperidine rings is 1. The van der Waals surface area contributed by atoms with Gasteiger partial charge in [0.15, 0.2) is 21.4 Å². The second kappa shape index (κ2) is 16.0. The third-order valence-electron chi connectivity index (χ3n) is 14.4. The van der Waals surface area contributed by atoms with Gasteiger partial charge < -0.3 is 4.90 Å². The highest BCUT2D eigenvalue weighted by molar-refractivity contribution is 7.92. The van der Waals surface area contributed by atoms with Crippen molar-refractivity contribution in [1.82, 2.24) is 4.90 Å². The van der Waals surface area contributed by atoms with E-state index in [1.165, 1.54) is 0 Å². The van der Waals surface area contributed by atoms with Crippen molar-refractivity contribution in [2.45, 2.75) is 174 Å². The maximum Gasteiger partial charge on any atom is 0.227 e. The molecule has 1 heterocycles. The molecule has 4 aliphatic carbocycles. The van der Waals surface area contributed by atoms with Gasteiger partial charge in [0.05, 0.1) is 22.5 Å². The zero-order valence-corrected chi connectivity index (χ0v) is 34.4. The normalized spacial score (nSPS) is 27.2. The Labute approximate surface area is 320 Å². The number of sulfone groups is 1. The van der Waals surface area contributed by atoms with E-state index in [4.69, 9.17) is 6.42 Å². The molecule has 0 radical (unpaired) electrons. The van der Waals surface area contributed by atoms with Crippen LogP contribution in [0.3, 0.4) is 0 Å². The number of carbonyl (C=O) groups excluding carboxylic acids is 5. The lowest BCUT2D eigenvalue weighted by Crippen LogP contribution is -2.52. The third-order valence-corrected chi connectivity index (χ3v) is 17.3. The maximum absolute atomic E-state index is 15.1. The van der Waals surface area contributed by atoms with E-state index < -0.39 is 54.9 Å². The van der Waals surface area contributed by atoms with E-state index in [1.807, 2.05) is 0 Å². The Morgan fingerprint density at radius 3 is 2.06 bits per heavy atom. The molecule has 296 valence electrons. The fraction of sp³-hybridized carbons (Fsp3) is 0.841. The van der Waals surface area contributed by atoms with Gasteiger partial charge in [0.1, 0.15) is 5.78 Å². The van der Waals surface area contributed by atoms with Crippen molar-refractivity contribution in [2.24, 2.45) is 45.8 Å². The summed E-state index contributed by atoms with van der Waals surface area (Å²) in [6, 6.07) is -0.681. The molecule has 0 aromatic carbocycles. The van der Waals surface area contributed by atoms with E-state index in [0.29, 0.717) is 44.6 Å². The molecular formula is C44H67NO7S. The number of amides is 1. The first-order chi connectivity index (χ1) is 24.8. The van der Waals surface area contributed by atoms with Gasteiger partial charge in [0, 0.05) is 44.6 Å². The predicted molar refractivity (Wildman–Crippen MR) is 207 cm³/mol. The summed E-state index contributed by atoms with van der Waals surface area (Å²) in [5.74, 6) is 0.426. The molecule has 0 bridgehead atoms. The van der Waals surface area contributed by atoms with Crippen LogP contribution < -0.4 is 0 Å². The topological polar surface area (TPSA) is 123 Å². The summed E-state index contributed by atoms with van der Waals surface area (Å²) in [7, 11) is -3.47. The number of rotatable bonds is 18. The van der Waals surface area contributed by atoms with Crippen LogP contribution in [0.25, 0.3) is 0 Å². The van der Waals surface area contributed by atoms with Crippen LogP contribution in [0.2, 0.25) is 0 Å². The van der Waals surface area contributed by atoms with Crippen molar-refractivity contribution in [2.75, 3.05) is 12.3 Å². The largest absolute Gasteiger partial charge is 0.332 e. The minimum Gasteiger partial charge on any atom is -0.332 e. The number of carbonyl (C=O) groups is 5. The Morgan fingerprint density at radius 1 is 0.887 bits per heavy atom. The third kappa shape index (κ3) is 9.38. The number of likely N-dealkylation sites (tertiary alicyclic amines) is 1. The summed E-state index contributed by atoms with van der Waals surface area (Å²) in [6.07, 6.45) is 17.9. The van der Waals surface area contributed by atoms with Crippen LogP contribution in [0.15, 0.2) is 0 Å². The minimum atomic E-state index is -3.47. The zero-order valence-electron chi connectivity index (χ0n) is 33.6. The second-order valence-corrected chi connectivity index (χ2v) is 22.6. The summed E-state index contributed by atoms with van der Waals surface area (Å²) in [6.45, 7) is 12.0. The zero-order chi connectivity index (χ0) is 39.0. The van der Waals surface area contributed by atoms with Crippen LogP contribution in [0, 0.1) is 58.2 Å². The Balaban J connectivity index is 1.39. The second-order valence-electron chi connectivity index (χ2n) is 19.9. The van der Waals surface area contributed by atoms with Gasteiger partial charge in [0.25, 0.3) is 0 Å². The summed E-state index contributed by atoms with van der Waals surface area (Å²) in [4.78, 5) is 72.1. The molecule has 2 unspecified atom stereocenters. The van der Waals surface area contributed by atoms with E-state index in [2.05, 4.69) is 26.7 Å². The van der Waals surface area contributed by atoms with Gasteiger partial charge in [-0.1, -0.05) is 72.1 Å². The first-order valence-corrected chi connectivity index (χ1v) is 22.5. The van der Waals surface area contributed by atoms with Gasteiger partial charge in [0.2, 0.25) is 11.7 Å². The van der Waals surface area contributed by atoms with Gasteiger partial charge >= 0.3 is 0 Å². The lowest BCUT2D eigenvalue weighted by atomic mass is 9.64. The summed E-state index contributed by atoms with van der Waals surface area (Å²) >= 11 is 0. The van der Waals surface area contributed by atoms with Gasteiger partial charge in [-0.3, -0.25) is 24.0 Å². The molecule has 0 aromatic heterocycles. The van der Waals surface area contributed by atoms with Crippen LogP contribution >= 0.6 is 0 Å². The Kier molecular flexibility index (Phi) is 12.6. The summed E-state index contributed by atoms with van der Waals surface area (Å²) < 4.78 is 26.1. The highest BCUT2D eigenvalue weighted by atomic mass is 32.2. The summed E-state index contributed by atoms with van der Waals surface area (Å²) in [5, 5.41) is 0. The average molecular weight is 754 g/mol. The van der Waals surface area contributed by atoms with Crippen molar-refractivity contribution in [3.63, 3.8) is 0 Å². The fourth-order valence-corrected chi connectivity index (χ4v) is 12.2. The van der Waals surface area contributed by atoms with Gasteiger partial charge in [-0.15, -0.1) is 12.3 Å². The number of nitrogens with zero attached hydrogens (tertiary/aromatic N) is 1. The van der Waals surface area contributed by atoms with Crippen LogP contribution in [0.4, 0.5) is 0 Å². The molecule has 1 saturated heterocycles. The van der Waals surface area contributed by atoms with E-state index >= 15 is 4.79 Å². The van der Waals surface area contributed by atoms with Crippen LogP contribution in [0.5, 0.6) is 0 Å². The van der Waals surface area contributed by atoms with Gasteiger partial charge in [-0.25, -0.2) is 8.42 Å². The molecule has 5 fully saturated rings. The summed E-state index contributed by atoms with van der Waals surface area (Å²) in [5.41, 5.74) is -1.15. The van der Waals surface area contributed by atoms with E-state index in [9.17, 15) is 27.6 Å². The molecule has 0 N–H and O–H groups in total. The molecule has 1 amide bonds. The van der Waals surface area contributed by atoms with Crippen molar-refractivity contribution < 1.29 is 32.4 Å². The maximum atomic E-state index is 15.1. The number of fused-ring (bicyclic) bond motifs is 1. The molecule has 5 rings (SSSR count). The number of terminal acetylenes is 1. The molecule has 8 nitrogen and oxygen atoms in total. The number of ketones is 4. The minimum absolute atomic E-state index is 0.0145. The SMILES string of the molecule is C#CCCCC(=O)C(=O)C(CC(=O)[C@@H]1[C@@H]2C(CN1C(=O)[C@@H](CC(=O)CC1(CS(=O)(=O)C(C)(C)C)CCCCC1)C1(C)CCCCC1)C2(C)C)CC1CC1. The van der Waals surface area contributed by atoms with E-state index in [-0.39, 0.29) is 66.2 Å². The predicted octanol–water partition coefficient (Wildman–Crippen LogP) is 7.89. The first kappa shape index (κ1) is 41.8. The Hall–Kier alpha value is -2.34. The Bertz CT molecular complexity index is 1560. The molecule has 53 heavy (non-hydrogen) atoms. The number of unbranched alkanes of at least 4 members (excludes halogenated alkanes) is 1. The standard InChI is InChI=1S/C44H67NO7S/c1-8-9-12-17-35(47)39(49)31(24-30-18-19-30)25-36(48)38-37-34(42(37,5)6)28-45(38)40(50)33(43(7)20-13-10-14-21-43)26-32(46)27-44(22-15-11-16-23-44)29-53(51,52)41(2,3)4/h1,30-31,33-34,37-38H,9-29H2,2-7H3/t31?,33-,34?,37+,38-/m1/s1. The molecule has 4 saturated carbocycles. The number of hydrogen-bond donors (Lipinski definition) is 0. The van der Waals surface area contributed by atoms with Gasteiger partial charge in [-0.2, -0.15) is 0 Å². The van der Waals surface area contributed by atoms with Crippen LogP contribution in [-0.2, 0) is 33.8 Å². The highest BCUT2D eigenvalue weighted by Crippen LogP contribution is 2.65. The molecular weight excluding hydrogens is 687 g/mol. The number of hydrogen-bond acceptors (Lipinski definition) is 7. The molecule has 5 aliphatic rings. The smallest absolute Gasteiger partial charge is 0.227 e. The monoisotopic (exact) mass is 753 g/mol. The first-order valence-electron chi connectivity index (χ1n) is 20.8. The van der Waals surface area contributed by atoms with E-state index in [0.717, 1.165) is 64.2 Å².